The molecular weight excluding hydrogens is 208 g/mol. The summed E-state index contributed by atoms with van der Waals surface area (Å²) in [5.74, 6) is 0.757. The maximum Gasteiger partial charge on any atom is 0.122 e. The van der Waals surface area contributed by atoms with Crippen LogP contribution in [0.4, 0.5) is 17.1 Å². The number of methoxy groups -OCH3 is 1. The zero-order valence-corrected chi connectivity index (χ0v) is 9.17. The number of nitrogen functional groups attached to an aromatic ring is 1. The minimum absolute atomic E-state index is 0.687. The second kappa shape index (κ2) is 4.23. The van der Waals surface area contributed by atoms with Gasteiger partial charge < -0.3 is 15.8 Å². The standard InChI is InChI=1S/C11H12N2OS/c1-14-11-5-8(12)4-10(6-11)13-9-2-3-15-7-9/h2-7,13H,12H2,1H3. The first kappa shape index (κ1) is 9.86. The Morgan fingerprint density at radius 2 is 2.13 bits per heavy atom. The highest BCUT2D eigenvalue weighted by molar-refractivity contribution is 7.08. The van der Waals surface area contributed by atoms with E-state index in [0.717, 1.165) is 17.1 Å². The number of thiophene rings is 1. The molecule has 0 radical (unpaired) electrons. The highest BCUT2D eigenvalue weighted by Gasteiger charge is 1.99. The quantitative estimate of drug-likeness (QED) is 0.781. The van der Waals surface area contributed by atoms with E-state index >= 15 is 0 Å². The van der Waals surface area contributed by atoms with Crippen LogP contribution < -0.4 is 15.8 Å². The second-order valence-electron chi connectivity index (χ2n) is 3.13. The van der Waals surface area contributed by atoms with Gasteiger partial charge in [0.15, 0.2) is 0 Å². The average molecular weight is 220 g/mol. The summed E-state index contributed by atoms with van der Waals surface area (Å²) in [5.41, 5.74) is 8.43. The fourth-order valence-corrected chi connectivity index (χ4v) is 1.90. The van der Waals surface area contributed by atoms with Gasteiger partial charge in [-0.25, -0.2) is 0 Å². The molecule has 0 spiro atoms. The van der Waals surface area contributed by atoms with Gasteiger partial charge in [0, 0.05) is 34.6 Å². The second-order valence-corrected chi connectivity index (χ2v) is 3.91. The molecule has 4 heteroatoms. The summed E-state index contributed by atoms with van der Waals surface area (Å²) in [4.78, 5) is 0. The van der Waals surface area contributed by atoms with Gasteiger partial charge in [0.2, 0.25) is 0 Å². The van der Waals surface area contributed by atoms with Gasteiger partial charge in [-0.2, -0.15) is 11.3 Å². The summed E-state index contributed by atoms with van der Waals surface area (Å²) in [6, 6.07) is 7.59. The lowest BCUT2D eigenvalue weighted by atomic mass is 10.2. The molecule has 0 bridgehead atoms. The third-order valence-corrected chi connectivity index (χ3v) is 2.66. The third-order valence-electron chi connectivity index (χ3n) is 1.97. The van der Waals surface area contributed by atoms with Crippen molar-refractivity contribution in [2.45, 2.75) is 0 Å². The highest BCUT2D eigenvalue weighted by atomic mass is 32.1. The molecule has 1 heterocycles. The van der Waals surface area contributed by atoms with Gasteiger partial charge in [-0.05, 0) is 17.5 Å². The molecule has 0 aliphatic carbocycles. The van der Waals surface area contributed by atoms with E-state index in [4.69, 9.17) is 10.5 Å². The van der Waals surface area contributed by atoms with Crippen LogP contribution in [0.1, 0.15) is 0 Å². The Bertz CT molecular complexity index is 440. The van der Waals surface area contributed by atoms with Crippen molar-refractivity contribution >= 4 is 28.4 Å². The molecule has 78 valence electrons. The van der Waals surface area contributed by atoms with Crippen LogP contribution in [-0.2, 0) is 0 Å². The van der Waals surface area contributed by atoms with Gasteiger partial charge in [-0.1, -0.05) is 0 Å². The van der Waals surface area contributed by atoms with Gasteiger partial charge in [-0.3, -0.25) is 0 Å². The Morgan fingerprint density at radius 1 is 1.27 bits per heavy atom. The molecule has 0 saturated carbocycles. The summed E-state index contributed by atoms with van der Waals surface area (Å²) < 4.78 is 5.14. The molecule has 2 rings (SSSR count). The largest absolute Gasteiger partial charge is 0.497 e. The van der Waals surface area contributed by atoms with Crippen molar-refractivity contribution in [3.63, 3.8) is 0 Å². The lowest BCUT2D eigenvalue weighted by Gasteiger charge is -2.07. The lowest BCUT2D eigenvalue weighted by Crippen LogP contribution is -1.93. The van der Waals surface area contributed by atoms with Crippen LogP contribution in [0.3, 0.4) is 0 Å². The van der Waals surface area contributed by atoms with E-state index in [2.05, 4.69) is 5.32 Å². The summed E-state index contributed by atoms with van der Waals surface area (Å²) in [7, 11) is 1.63. The number of hydrogen-bond acceptors (Lipinski definition) is 4. The fraction of sp³-hybridized carbons (Fsp3) is 0.0909. The molecule has 3 N–H and O–H groups in total. The molecule has 1 aromatic heterocycles. The smallest absolute Gasteiger partial charge is 0.122 e. The monoisotopic (exact) mass is 220 g/mol. The molecule has 0 fully saturated rings. The summed E-state index contributed by atoms with van der Waals surface area (Å²) in [6.45, 7) is 0. The number of rotatable bonds is 3. The highest BCUT2D eigenvalue weighted by Crippen LogP contribution is 2.25. The average Bonchev–Trinajstić information content (AvgIpc) is 2.69. The van der Waals surface area contributed by atoms with Gasteiger partial charge >= 0.3 is 0 Å². The molecule has 3 nitrogen and oxygen atoms in total. The summed E-state index contributed by atoms with van der Waals surface area (Å²) >= 11 is 1.65. The first-order valence-electron chi connectivity index (χ1n) is 4.52. The maximum atomic E-state index is 5.75. The molecular formula is C11H12N2OS. The zero-order valence-electron chi connectivity index (χ0n) is 8.36. The fourth-order valence-electron chi connectivity index (χ4n) is 1.31. The Labute approximate surface area is 92.5 Å². The first-order valence-corrected chi connectivity index (χ1v) is 5.46. The van der Waals surface area contributed by atoms with Crippen LogP contribution in [0.5, 0.6) is 5.75 Å². The minimum Gasteiger partial charge on any atom is -0.497 e. The molecule has 2 aromatic rings. The van der Waals surface area contributed by atoms with E-state index < -0.39 is 0 Å². The van der Waals surface area contributed by atoms with E-state index in [0.29, 0.717) is 5.69 Å². The third kappa shape index (κ3) is 2.41. The van der Waals surface area contributed by atoms with Gasteiger partial charge in [0.05, 0.1) is 7.11 Å². The van der Waals surface area contributed by atoms with E-state index in [9.17, 15) is 0 Å². The van der Waals surface area contributed by atoms with Crippen molar-refractivity contribution in [3.05, 3.63) is 35.0 Å². The molecule has 0 aliphatic rings. The van der Waals surface area contributed by atoms with E-state index in [-0.39, 0.29) is 0 Å². The SMILES string of the molecule is COc1cc(N)cc(Nc2ccsc2)c1. The zero-order chi connectivity index (χ0) is 10.7. The van der Waals surface area contributed by atoms with Crippen LogP contribution in [0.15, 0.2) is 35.0 Å². The first-order chi connectivity index (χ1) is 7.28. The summed E-state index contributed by atoms with van der Waals surface area (Å²) in [5, 5.41) is 7.31. The number of ether oxygens (including phenoxy) is 1. The molecule has 0 unspecified atom stereocenters. The lowest BCUT2D eigenvalue weighted by molar-refractivity contribution is 0.415. The van der Waals surface area contributed by atoms with Crippen molar-refractivity contribution < 1.29 is 4.74 Å². The van der Waals surface area contributed by atoms with Crippen molar-refractivity contribution in [1.29, 1.82) is 0 Å². The van der Waals surface area contributed by atoms with Gasteiger partial charge in [-0.15, -0.1) is 0 Å². The van der Waals surface area contributed by atoms with E-state index in [1.165, 1.54) is 0 Å². The van der Waals surface area contributed by atoms with E-state index in [1.807, 2.05) is 29.0 Å². The Morgan fingerprint density at radius 3 is 2.80 bits per heavy atom. The maximum absolute atomic E-state index is 5.75. The normalized spacial score (nSPS) is 9.93. The number of benzene rings is 1. The topological polar surface area (TPSA) is 47.3 Å². The Hall–Kier alpha value is -1.68. The molecule has 0 atom stereocenters. The van der Waals surface area contributed by atoms with Crippen molar-refractivity contribution in [3.8, 4) is 5.75 Å². The number of anilines is 3. The number of nitrogens with two attached hydrogens (primary N) is 1. The van der Waals surface area contributed by atoms with Gasteiger partial charge in [0.25, 0.3) is 0 Å². The Kier molecular flexibility index (Phi) is 2.78. The predicted octanol–water partition coefficient (Wildman–Crippen LogP) is 3.08. The molecule has 15 heavy (non-hydrogen) atoms. The van der Waals surface area contributed by atoms with E-state index in [1.54, 1.807) is 24.5 Å². The molecule has 0 amide bonds. The molecule has 1 aromatic carbocycles. The minimum atomic E-state index is 0.687. The number of hydrogen-bond donors (Lipinski definition) is 2. The van der Waals surface area contributed by atoms with Crippen LogP contribution in [0.2, 0.25) is 0 Å². The van der Waals surface area contributed by atoms with Crippen LogP contribution in [0, 0.1) is 0 Å². The van der Waals surface area contributed by atoms with Crippen LogP contribution in [-0.4, -0.2) is 7.11 Å². The molecule has 0 aliphatic heterocycles. The Balaban J connectivity index is 2.24. The van der Waals surface area contributed by atoms with Crippen molar-refractivity contribution in [2.24, 2.45) is 0 Å². The van der Waals surface area contributed by atoms with Crippen LogP contribution in [0.25, 0.3) is 0 Å². The number of nitrogens with one attached hydrogen (secondary N) is 1. The summed E-state index contributed by atoms with van der Waals surface area (Å²) in [6.07, 6.45) is 0. The van der Waals surface area contributed by atoms with Crippen molar-refractivity contribution in [2.75, 3.05) is 18.2 Å². The van der Waals surface area contributed by atoms with Gasteiger partial charge in [0.1, 0.15) is 5.75 Å². The predicted molar refractivity (Wildman–Crippen MR) is 65.0 cm³/mol. The van der Waals surface area contributed by atoms with Crippen LogP contribution >= 0.6 is 11.3 Å². The molecule has 0 saturated heterocycles. The van der Waals surface area contributed by atoms with Crippen molar-refractivity contribution in [1.82, 2.24) is 0 Å².